The predicted octanol–water partition coefficient (Wildman–Crippen LogP) is 4.56. The number of aromatic nitrogens is 3. The standard InChI is InChI=1S/C20H16BrN5O3S/c1-12-9-16(23-18(27)15-3-2-8-29-15)30-17(12)19(28)24-20-22-11-26(25-20)10-13-4-6-14(21)7-5-13/h2-9,11H,10H2,1H3,(H,23,27)(H,24,25,28). The Kier molecular flexibility index (Phi) is 5.77. The van der Waals surface area contributed by atoms with Gasteiger partial charge in [0.15, 0.2) is 5.76 Å². The SMILES string of the molecule is Cc1cc(NC(=O)c2ccco2)sc1C(=O)Nc1ncn(Cc2ccc(Br)cc2)n1. The van der Waals surface area contributed by atoms with Gasteiger partial charge in [0.05, 0.1) is 22.7 Å². The Morgan fingerprint density at radius 3 is 2.70 bits per heavy atom. The Labute approximate surface area is 184 Å². The van der Waals surface area contributed by atoms with E-state index in [0.29, 0.717) is 16.4 Å². The number of anilines is 2. The molecular formula is C20H16BrN5O3S. The third-order valence-corrected chi connectivity index (χ3v) is 5.81. The topological polar surface area (TPSA) is 102 Å². The molecule has 0 aliphatic rings. The first-order valence-corrected chi connectivity index (χ1v) is 10.5. The Bertz CT molecular complexity index is 1180. The Morgan fingerprint density at radius 2 is 1.97 bits per heavy atom. The molecule has 152 valence electrons. The molecule has 4 aromatic rings. The minimum Gasteiger partial charge on any atom is -0.459 e. The van der Waals surface area contributed by atoms with E-state index in [-0.39, 0.29) is 23.5 Å². The summed E-state index contributed by atoms with van der Waals surface area (Å²) in [6.07, 6.45) is 2.99. The van der Waals surface area contributed by atoms with E-state index >= 15 is 0 Å². The van der Waals surface area contributed by atoms with Crippen molar-refractivity contribution in [2.24, 2.45) is 0 Å². The average Bonchev–Trinajstić information content (AvgIpc) is 3.45. The Hall–Kier alpha value is -3.24. The van der Waals surface area contributed by atoms with Gasteiger partial charge >= 0.3 is 0 Å². The van der Waals surface area contributed by atoms with Gasteiger partial charge in [-0.2, -0.15) is 0 Å². The van der Waals surface area contributed by atoms with Gasteiger partial charge in [-0.1, -0.05) is 28.1 Å². The van der Waals surface area contributed by atoms with Gasteiger partial charge in [0, 0.05) is 4.47 Å². The molecule has 0 aliphatic carbocycles. The van der Waals surface area contributed by atoms with Gasteiger partial charge < -0.3 is 9.73 Å². The monoisotopic (exact) mass is 485 g/mol. The number of hydrogen-bond donors (Lipinski definition) is 2. The fourth-order valence-electron chi connectivity index (χ4n) is 2.71. The average molecular weight is 486 g/mol. The number of carbonyl (C=O) groups is 2. The smallest absolute Gasteiger partial charge is 0.291 e. The first kappa shape index (κ1) is 20.0. The zero-order chi connectivity index (χ0) is 21.1. The number of aryl methyl sites for hydroxylation is 1. The summed E-state index contributed by atoms with van der Waals surface area (Å²) in [5.41, 5.74) is 1.80. The molecule has 2 N–H and O–H groups in total. The summed E-state index contributed by atoms with van der Waals surface area (Å²) < 4.78 is 7.73. The van der Waals surface area contributed by atoms with Crippen LogP contribution in [-0.4, -0.2) is 26.6 Å². The van der Waals surface area contributed by atoms with E-state index in [1.807, 2.05) is 24.3 Å². The molecule has 3 aromatic heterocycles. The van der Waals surface area contributed by atoms with Crippen molar-refractivity contribution in [1.29, 1.82) is 0 Å². The molecule has 0 aliphatic heterocycles. The Morgan fingerprint density at radius 1 is 1.17 bits per heavy atom. The van der Waals surface area contributed by atoms with Crippen molar-refractivity contribution in [2.45, 2.75) is 13.5 Å². The molecule has 10 heteroatoms. The van der Waals surface area contributed by atoms with Crippen LogP contribution in [0.3, 0.4) is 0 Å². The fourth-order valence-corrected chi connectivity index (χ4v) is 3.94. The molecule has 0 bridgehead atoms. The summed E-state index contributed by atoms with van der Waals surface area (Å²) in [6.45, 7) is 2.34. The maximum atomic E-state index is 12.6. The van der Waals surface area contributed by atoms with E-state index in [0.717, 1.165) is 15.6 Å². The van der Waals surface area contributed by atoms with Crippen LogP contribution in [0.5, 0.6) is 0 Å². The number of benzene rings is 1. The second-order valence-corrected chi connectivity index (χ2v) is 8.37. The quantitative estimate of drug-likeness (QED) is 0.416. The molecular weight excluding hydrogens is 470 g/mol. The summed E-state index contributed by atoms with van der Waals surface area (Å²) in [4.78, 5) is 29.4. The van der Waals surface area contributed by atoms with E-state index in [1.165, 1.54) is 17.6 Å². The van der Waals surface area contributed by atoms with Crippen LogP contribution in [0.25, 0.3) is 0 Å². The van der Waals surface area contributed by atoms with Crippen LogP contribution in [0.15, 0.2) is 63.9 Å². The molecule has 0 fully saturated rings. The lowest BCUT2D eigenvalue weighted by Crippen LogP contribution is -2.13. The molecule has 1 aromatic carbocycles. The zero-order valence-electron chi connectivity index (χ0n) is 15.8. The van der Waals surface area contributed by atoms with Crippen LogP contribution in [0.4, 0.5) is 10.9 Å². The largest absolute Gasteiger partial charge is 0.459 e. The lowest BCUT2D eigenvalue weighted by atomic mass is 10.2. The molecule has 0 saturated carbocycles. The van der Waals surface area contributed by atoms with Crippen molar-refractivity contribution in [1.82, 2.24) is 14.8 Å². The number of amides is 2. The maximum absolute atomic E-state index is 12.6. The molecule has 8 nitrogen and oxygen atoms in total. The first-order valence-electron chi connectivity index (χ1n) is 8.88. The van der Waals surface area contributed by atoms with Crippen LogP contribution in [0, 0.1) is 6.92 Å². The number of rotatable bonds is 6. The molecule has 0 radical (unpaired) electrons. The number of nitrogens with zero attached hydrogens (tertiary/aromatic N) is 3. The molecule has 2 amide bonds. The minimum atomic E-state index is -0.374. The van der Waals surface area contributed by atoms with Gasteiger partial charge in [-0.05, 0) is 48.4 Å². The number of hydrogen-bond acceptors (Lipinski definition) is 6. The molecule has 30 heavy (non-hydrogen) atoms. The lowest BCUT2D eigenvalue weighted by molar-refractivity contribution is 0.0995. The van der Waals surface area contributed by atoms with Gasteiger partial charge in [0.2, 0.25) is 5.95 Å². The normalized spacial score (nSPS) is 10.7. The summed E-state index contributed by atoms with van der Waals surface area (Å²) in [7, 11) is 0. The predicted molar refractivity (Wildman–Crippen MR) is 117 cm³/mol. The van der Waals surface area contributed by atoms with Gasteiger partial charge in [-0.3, -0.25) is 14.9 Å². The minimum absolute atomic E-state index is 0.201. The lowest BCUT2D eigenvalue weighted by Gasteiger charge is -2.02. The van der Waals surface area contributed by atoms with Gasteiger partial charge in [-0.15, -0.1) is 16.4 Å². The molecule has 0 atom stereocenters. The highest BCUT2D eigenvalue weighted by atomic mass is 79.9. The van der Waals surface area contributed by atoms with Crippen LogP contribution in [0.2, 0.25) is 0 Å². The van der Waals surface area contributed by atoms with Crippen molar-refractivity contribution in [3.05, 3.63) is 81.3 Å². The van der Waals surface area contributed by atoms with E-state index in [2.05, 4.69) is 36.6 Å². The summed E-state index contributed by atoms with van der Waals surface area (Å²) in [5, 5.41) is 10.3. The molecule has 0 unspecified atom stereocenters. The van der Waals surface area contributed by atoms with E-state index in [4.69, 9.17) is 4.42 Å². The van der Waals surface area contributed by atoms with Crippen molar-refractivity contribution >= 4 is 50.0 Å². The van der Waals surface area contributed by atoms with Crippen molar-refractivity contribution in [2.75, 3.05) is 10.6 Å². The second kappa shape index (κ2) is 8.64. The molecule has 3 heterocycles. The third-order valence-electron chi connectivity index (χ3n) is 4.13. The second-order valence-electron chi connectivity index (χ2n) is 6.40. The summed E-state index contributed by atoms with van der Waals surface area (Å²) in [6, 6.07) is 12.8. The number of halogens is 1. The highest BCUT2D eigenvalue weighted by molar-refractivity contribution is 9.10. The summed E-state index contributed by atoms with van der Waals surface area (Å²) in [5.74, 6) is -0.294. The third kappa shape index (κ3) is 4.66. The number of nitrogens with one attached hydrogen (secondary N) is 2. The zero-order valence-corrected chi connectivity index (χ0v) is 18.2. The van der Waals surface area contributed by atoms with Crippen molar-refractivity contribution in [3.63, 3.8) is 0 Å². The Balaban J connectivity index is 1.40. The van der Waals surface area contributed by atoms with Gasteiger partial charge in [-0.25, -0.2) is 9.67 Å². The van der Waals surface area contributed by atoms with Crippen LogP contribution in [-0.2, 0) is 6.54 Å². The first-order chi connectivity index (χ1) is 14.5. The molecule has 4 rings (SSSR count). The van der Waals surface area contributed by atoms with Crippen LogP contribution >= 0.6 is 27.3 Å². The van der Waals surface area contributed by atoms with Crippen LogP contribution < -0.4 is 10.6 Å². The number of furan rings is 1. The van der Waals surface area contributed by atoms with Crippen molar-refractivity contribution in [3.8, 4) is 0 Å². The number of carbonyl (C=O) groups excluding carboxylic acids is 2. The van der Waals surface area contributed by atoms with E-state index in [1.54, 1.807) is 36.1 Å². The van der Waals surface area contributed by atoms with Crippen molar-refractivity contribution < 1.29 is 14.0 Å². The fraction of sp³-hybridized carbons (Fsp3) is 0.100. The molecule has 0 saturated heterocycles. The highest BCUT2D eigenvalue weighted by Crippen LogP contribution is 2.27. The number of thiophene rings is 1. The van der Waals surface area contributed by atoms with E-state index < -0.39 is 0 Å². The summed E-state index contributed by atoms with van der Waals surface area (Å²) >= 11 is 4.58. The highest BCUT2D eigenvalue weighted by Gasteiger charge is 2.18. The molecule has 0 spiro atoms. The maximum Gasteiger partial charge on any atom is 0.291 e. The van der Waals surface area contributed by atoms with Gasteiger partial charge in [0.1, 0.15) is 6.33 Å². The van der Waals surface area contributed by atoms with Gasteiger partial charge in [0.25, 0.3) is 11.8 Å². The van der Waals surface area contributed by atoms with Crippen LogP contribution in [0.1, 0.15) is 31.4 Å². The van der Waals surface area contributed by atoms with E-state index in [9.17, 15) is 9.59 Å².